The van der Waals surface area contributed by atoms with Crippen molar-refractivity contribution in [3.8, 4) is 0 Å². The van der Waals surface area contributed by atoms with Gasteiger partial charge in [-0.1, -0.05) is 24.3 Å². The van der Waals surface area contributed by atoms with Gasteiger partial charge in [-0.3, -0.25) is 9.59 Å². The summed E-state index contributed by atoms with van der Waals surface area (Å²) in [5.74, 6) is 0.0553. The third-order valence-corrected chi connectivity index (χ3v) is 4.65. The zero-order valence-electron chi connectivity index (χ0n) is 15.8. The number of carbonyl (C=O) groups is 3. The molecule has 7 nitrogen and oxygen atoms in total. The summed E-state index contributed by atoms with van der Waals surface area (Å²) in [5.41, 5.74) is 3.20. The fourth-order valence-electron chi connectivity index (χ4n) is 3.06. The van der Waals surface area contributed by atoms with Crippen molar-refractivity contribution in [2.75, 3.05) is 18.9 Å². The van der Waals surface area contributed by atoms with E-state index in [9.17, 15) is 14.4 Å². The summed E-state index contributed by atoms with van der Waals surface area (Å²) < 4.78 is 0. The number of benzene rings is 2. The summed E-state index contributed by atoms with van der Waals surface area (Å²) in [7, 11) is 1.58. The quantitative estimate of drug-likeness (QED) is 0.719. The van der Waals surface area contributed by atoms with Crippen molar-refractivity contribution in [3.63, 3.8) is 0 Å². The molecule has 0 spiro atoms. The fourth-order valence-corrected chi connectivity index (χ4v) is 3.06. The lowest BCUT2D eigenvalue weighted by atomic mass is 10.1. The van der Waals surface area contributed by atoms with Crippen molar-refractivity contribution in [1.29, 1.82) is 0 Å². The number of amides is 4. The van der Waals surface area contributed by atoms with Crippen LogP contribution < -0.4 is 16.0 Å². The Labute approximate surface area is 164 Å². The molecular weight excluding hydrogens is 356 g/mol. The second-order valence-corrected chi connectivity index (χ2v) is 6.70. The average molecular weight is 380 g/mol. The van der Waals surface area contributed by atoms with Crippen LogP contribution in [0.5, 0.6) is 0 Å². The summed E-state index contributed by atoms with van der Waals surface area (Å²) in [4.78, 5) is 37.1. The normalized spacial score (nSPS) is 13.3. The molecule has 4 amide bonds. The van der Waals surface area contributed by atoms with E-state index < -0.39 is 0 Å². The van der Waals surface area contributed by atoms with Crippen LogP contribution in [0.1, 0.15) is 34.3 Å². The van der Waals surface area contributed by atoms with Crippen LogP contribution in [-0.2, 0) is 17.9 Å². The molecule has 28 heavy (non-hydrogen) atoms. The van der Waals surface area contributed by atoms with E-state index in [2.05, 4.69) is 16.0 Å². The molecule has 0 unspecified atom stereocenters. The van der Waals surface area contributed by atoms with E-state index in [0.717, 1.165) is 24.1 Å². The molecule has 1 aliphatic heterocycles. The number of nitrogens with zero attached hydrogens (tertiary/aromatic N) is 1. The number of anilines is 1. The van der Waals surface area contributed by atoms with E-state index in [1.54, 1.807) is 31.3 Å². The maximum Gasteiger partial charge on any atom is 0.319 e. The molecule has 3 rings (SSSR count). The number of rotatable bonds is 6. The molecule has 1 saturated heterocycles. The van der Waals surface area contributed by atoms with E-state index in [4.69, 9.17) is 0 Å². The highest BCUT2D eigenvalue weighted by atomic mass is 16.2. The lowest BCUT2D eigenvalue weighted by molar-refractivity contribution is -0.128. The van der Waals surface area contributed by atoms with Crippen molar-refractivity contribution in [1.82, 2.24) is 15.5 Å². The van der Waals surface area contributed by atoms with Crippen LogP contribution in [-0.4, -0.2) is 36.3 Å². The van der Waals surface area contributed by atoms with Crippen molar-refractivity contribution >= 4 is 23.5 Å². The van der Waals surface area contributed by atoms with E-state index in [1.165, 1.54) is 0 Å². The first-order valence-electron chi connectivity index (χ1n) is 9.28. The van der Waals surface area contributed by atoms with Gasteiger partial charge in [-0.25, -0.2) is 4.79 Å². The first-order valence-corrected chi connectivity index (χ1v) is 9.28. The van der Waals surface area contributed by atoms with Gasteiger partial charge in [-0.2, -0.15) is 0 Å². The van der Waals surface area contributed by atoms with Crippen LogP contribution in [0.25, 0.3) is 0 Å². The highest BCUT2D eigenvalue weighted by Gasteiger charge is 2.19. The molecule has 2 aromatic rings. The lowest BCUT2D eigenvalue weighted by Gasteiger charge is -2.15. The predicted molar refractivity (Wildman–Crippen MR) is 107 cm³/mol. The van der Waals surface area contributed by atoms with Gasteiger partial charge in [0.1, 0.15) is 0 Å². The van der Waals surface area contributed by atoms with Gasteiger partial charge in [0.05, 0.1) is 0 Å². The lowest BCUT2D eigenvalue weighted by Crippen LogP contribution is -2.28. The number of hydrogen-bond acceptors (Lipinski definition) is 3. The molecule has 3 N–H and O–H groups in total. The molecule has 1 fully saturated rings. The molecule has 0 bridgehead atoms. The van der Waals surface area contributed by atoms with Gasteiger partial charge in [0.15, 0.2) is 0 Å². The monoisotopic (exact) mass is 380 g/mol. The SMILES string of the molecule is CNC(=O)c1ccc(CNC(=O)Nc2ccc(CN3CCCC3=O)cc2)cc1. The zero-order valence-corrected chi connectivity index (χ0v) is 15.8. The largest absolute Gasteiger partial charge is 0.355 e. The molecule has 146 valence electrons. The van der Waals surface area contributed by atoms with Crippen molar-refractivity contribution < 1.29 is 14.4 Å². The summed E-state index contributed by atoms with van der Waals surface area (Å²) in [5, 5.41) is 8.14. The number of urea groups is 1. The fraction of sp³-hybridized carbons (Fsp3) is 0.286. The number of nitrogens with one attached hydrogen (secondary N) is 3. The molecule has 1 heterocycles. The topological polar surface area (TPSA) is 90.5 Å². The first kappa shape index (κ1) is 19.4. The van der Waals surface area contributed by atoms with Crippen LogP contribution >= 0.6 is 0 Å². The maximum atomic E-state index is 12.1. The van der Waals surface area contributed by atoms with Gasteiger partial charge >= 0.3 is 6.03 Å². The molecule has 0 saturated carbocycles. The molecule has 0 aliphatic carbocycles. The van der Waals surface area contributed by atoms with Gasteiger partial charge in [0, 0.05) is 44.4 Å². The highest BCUT2D eigenvalue weighted by Crippen LogP contribution is 2.16. The van der Waals surface area contributed by atoms with Gasteiger partial charge in [-0.15, -0.1) is 0 Å². The minimum atomic E-state index is -0.308. The minimum Gasteiger partial charge on any atom is -0.355 e. The molecule has 1 aliphatic rings. The smallest absolute Gasteiger partial charge is 0.319 e. The minimum absolute atomic E-state index is 0.144. The van der Waals surface area contributed by atoms with Crippen molar-refractivity contribution in [2.24, 2.45) is 0 Å². The Bertz CT molecular complexity index is 847. The van der Waals surface area contributed by atoms with Crippen LogP contribution in [0.3, 0.4) is 0 Å². The van der Waals surface area contributed by atoms with Crippen LogP contribution in [0.4, 0.5) is 10.5 Å². The predicted octanol–water partition coefficient (Wildman–Crippen LogP) is 2.49. The number of hydrogen-bond donors (Lipinski definition) is 3. The van der Waals surface area contributed by atoms with E-state index in [-0.39, 0.29) is 17.8 Å². The number of likely N-dealkylation sites (tertiary alicyclic amines) is 1. The summed E-state index contributed by atoms with van der Waals surface area (Å²) in [6.45, 7) is 1.78. The first-order chi connectivity index (χ1) is 13.5. The van der Waals surface area contributed by atoms with Crippen molar-refractivity contribution in [3.05, 3.63) is 65.2 Å². The third kappa shape index (κ3) is 5.09. The number of carbonyl (C=O) groups excluding carboxylic acids is 3. The van der Waals surface area contributed by atoms with E-state index in [0.29, 0.717) is 30.8 Å². The van der Waals surface area contributed by atoms with Gasteiger partial charge in [0.25, 0.3) is 5.91 Å². The zero-order chi connectivity index (χ0) is 19.9. The van der Waals surface area contributed by atoms with Crippen molar-refractivity contribution in [2.45, 2.75) is 25.9 Å². The standard InChI is InChI=1S/C21H24N4O3/c1-22-20(27)17-8-4-15(5-9-17)13-23-21(28)24-18-10-6-16(7-11-18)14-25-12-2-3-19(25)26/h4-11H,2-3,12-14H2,1H3,(H,22,27)(H2,23,24,28). The molecular formula is C21H24N4O3. The molecule has 7 heteroatoms. The van der Waals surface area contributed by atoms with Gasteiger partial charge < -0.3 is 20.9 Å². The summed E-state index contributed by atoms with van der Waals surface area (Å²) in [6, 6.07) is 14.2. The average Bonchev–Trinajstić information content (AvgIpc) is 3.12. The maximum absolute atomic E-state index is 12.1. The Morgan fingerprint density at radius 3 is 2.29 bits per heavy atom. The van der Waals surface area contributed by atoms with E-state index in [1.807, 2.05) is 29.2 Å². The Balaban J connectivity index is 1.46. The Morgan fingerprint density at radius 1 is 1.00 bits per heavy atom. The van der Waals surface area contributed by atoms with Gasteiger partial charge in [-0.05, 0) is 41.8 Å². The Morgan fingerprint density at radius 2 is 1.68 bits per heavy atom. The van der Waals surface area contributed by atoms with Crippen LogP contribution in [0, 0.1) is 0 Å². The van der Waals surface area contributed by atoms with Crippen LogP contribution in [0.2, 0.25) is 0 Å². The van der Waals surface area contributed by atoms with E-state index >= 15 is 0 Å². The Hall–Kier alpha value is -3.35. The van der Waals surface area contributed by atoms with Gasteiger partial charge in [0.2, 0.25) is 5.91 Å². The molecule has 0 aromatic heterocycles. The summed E-state index contributed by atoms with van der Waals surface area (Å²) in [6.07, 6.45) is 1.56. The highest BCUT2D eigenvalue weighted by molar-refractivity contribution is 5.94. The second kappa shape index (κ2) is 9.03. The summed E-state index contributed by atoms with van der Waals surface area (Å²) >= 11 is 0. The molecule has 0 atom stereocenters. The second-order valence-electron chi connectivity index (χ2n) is 6.70. The molecule has 0 radical (unpaired) electrons. The third-order valence-electron chi connectivity index (χ3n) is 4.65. The Kier molecular flexibility index (Phi) is 6.26. The van der Waals surface area contributed by atoms with Crippen LogP contribution in [0.15, 0.2) is 48.5 Å². The molecule has 2 aromatic carbocycles.